The molecule has 0 fully saturated rings. The van der Waals surface area contributed by atoms with Crippen molar-refractivity contribution in [2.45, 2.75) is 152 Å². The zero-order chi connectivity index (χ0) is 32.9. The van der Waals surface area contributed by atoms with Crippen molar-refractivity contribution in [1.29, 1.82) is 0 Å². The summed E-state index contributed by atoms with van der Waals surface area (Å²) in [6.07, 6.45) is 3.16. The zero-order valence-corrected chi connectivity index (χ0v) is 24.0. The number of hydrogen-bond donors (Lipinski definition) is 0. The van der Waals surface area contributed by atoms with Crippen LogP contribution in [0.4, 0.5) is 57.1 Å². The molecule has 0 atom stereocenters. The van der Waals surface area contributed by atoms with Gasteiger partial charge in [0, 0.05) is 13.1 Å². The lowest BCUT2D eigenvalue weighted by atomic mass is 9.93. The third kappa shape index (κ3) is 10.1. The third-order valence-corrected chi connectivity index (χ3v) is 7.05. The summed E-state index contributed by atoms with van der Waals surface area (Å²) in [5, 5.41) is 0. The molecule has 0 spiro atoms. The number of alkyl halides is 13. The summed E-state index contributed by atoms with van der Waals surface area (Å²) in [6, 6.07) is 0. The van der Waals surface area contributed by atoms with E-state index in [1.54, 1.807) is 0 Å². The molecule has 0 rings (SSSR count). The number of unbranched alkanes of at least 4 members (excludes halogenated alkanes) is 14. The normalized spacial score (nSPS) is 14.0. The molecule has 0 saturated carbocycles. The van der Waals surface area contributed by atoms with Gasteiger partial charge in [-0.1, -0.05) is 104 Å². The van der Waals surface area contributed by atoms with Crippen molar-refractivity contribution in [2.24, 2.45) is 0 Å². The second-order valence-corrected chi connectivity index (χ2v) is 10.6. The van der Waals surface area contributed by atoms with Gasteiger partial charge in [-0.3, -0.25) is 4.79 Å². The van der Waals surface area contributed by atoms with Crippen molar-refractivity contribution >= 4 is 5.91 Å². The van der Waals surface area contributed by atoms with Crippen LogP contribution in [-0.4, -0.2) is 59.7 Å². The predicted molar refractivity (Wildman–Crippen MR) is 133 cm³/mol. The van der Waals surface area contributed by atoms with Crippen LogP contribution in [0.5, 0.6) is 0 Å². The molecule has 0 N–H and O–H groups in total. The summed E-state index contributed by atoms with van der Waals surface area (Å²) in [4.78, 5) is 12.5. The maximum atomic E-state index is 14.6. The van der Waals surface area contributed by atoms with Crippen LogP contribution in [0.1, 0.15) is 117 Å². The minimum absolute atomic E-state index is 0.0448. The Kier molecular flexibility index (Phi) is 16.6. The van der Waals surface area contributed by atoms with Crippen molar-refractivity contribution in [3.05, 3.63) is 0 Å². The summed E-state index contributed by atoms with van der Waals surface area (Å²) in [6.45, 7) is 2.68. The fraction of sp³-hybridized carbons (Fsp3) is 0.963. The Morgan fingerprint density at radius 3 is 1.02 bits per heavy atom. The molecule has 0 aromatic heterocycles. The molecule has 2 nitrogen and oxygen atoms in total. The highest BCUT2D eigenvalue weighted by Gasteiger charge is 2.91. The third-order valence-electron chi connectivity index (χ3n) is 7.05. The Bertz CT molecular complexity index is 750. The van der Waals surface area contributed by atoms with Crippen molar-refractivity contribution in [3.8, 4) is 0 Å². The minimum atomic E-state index is -8.02. The van der Waals surface area contributed by atoms with Crippen LogP contribution in [0, 0.1) is 0 Å². The molecule has 0 aliphatic heterocycles. The number of carbonyl (C=O) groups is 1. The number of halogens is 13. The Hall–Kier alpha value is -1.44. The molecule has 0 bridgehead atoms. The van der Waals surface area contributed by atoms with E-state index in [0.717, 1.165) is 64.2 Å². The van der Waals surface area contributed by atoms with Gasteiger partial charge in [-0.25, -0.2) is 0 Å². The lowest BCUT2D eigenvalue weighted by Crippen LogP contribution is -2.72. The van der Waals surface area contributed by atoms with Gasteiger partial charge in [0.15, 0.2) is 0 Å². The van der Waals surface area contributed by atoms with E-state index in [1.807, 2.05) is 13.8 Å². The first-order valence-electron chi connectivity index (χ1n) is 14.4. The highest BCUT2D eigenvalue weighted by atomic mass is 19.4. The van der Waals surface area contributed by atoms with E-state index in [1.165, 1.54) is 0 Å². The van der Waals surface area contributed by atoms with Crippen LogP contribution in [0.2, 0.25) is 0 Å². The number of hydrogen-bond acceptors (Lipinski definition) is 1. The van der Waals surface area contributed by atoms with E-state index >= 15 is 0 Å². The van der Waals surface area contributed by atoms with Gasteiger partial charge < -0.3 is 4.90 Å². The molecular formula is C27H42F13NO. The largest absolute Gasteiger partial charge is 0.460 e. The van der Waals surface area contributed by atoms with Crippen molar-refractivity contribution in [1.82, 2.24) is 4.90 Å². The maximum Gasteiger partial charge on any atom is 0.460 e. The van der Waals surface area contributed by atoms with Crippen LogP contribution in [0.3, 0.4) is 0 Å². The van der Waals surface area contributed by atoms with Gasteiger partial charge in [-0.15, -0.1) is 0 Å². The summed E-state index contributed by atoms with van der Waals surface area (Å²) >= 11 is 0. The average Bonchev–Trinajstić information content (AvgIpc) is 2.88. The molecule has 0 aromatic carbocycles. The average molecular weight is 644 g/mol. The molecule has 252 valence electrons. The monoisotopic (exact) mass is 643 g/mol. The van der Waals surface area contributed by atoms with Crippen LogP contribution in [0.25, 0.3) is 0 Å². The van der Waals surface area contributed by atoms with E-state index in [2.05, 4.69) is 0 Å². The molecular weight excluding hydrogens is 601 g/mol. The molecule has 0 saturated heterocycles. The number of carbonyl (C=O) groups excluding carboxylic acids is 1. The molecule has 1 amide bonds. The topological polar surface area (TPSA) is 20.3 Å². The maximum absolute atomic E-state index is 14.6. The van der Waals surface area contributed by atoms with Gasteiger partial charge in [0.05, 0.1) is 0 Å². The first-order chi connectivity index (χ1) is 19.2. The molecule has 0 radical (unpaired) electrons. The first kappa shape index (κ1) is 40.6. The highest BCUT2D eigenvalue weighted by Crippen LogP contribution is 2.60. The minimum Gasteiger partial charge on any atom is -0.337 e. The summed E-state index contributed by atoms with van der Waals surface area (Å²) in [5.74, 6) is -41.2. The number of nitrogens with zero attached hydrogens (tertiary/aromatic N) is 1. The number of amides is 1. The van der Waals surface area contributed by atoms with Crippen LogP contribution < -0.4 is 0 Å². The highest BCUT2D eigenvalue weighted by molar-refractivity contribution is 5.85. The van der Waals surface area contributed by atoms with Gasteiger partial charge in [0.25, 0.3) is 5.91 Å². The lowest BCUT2D eigenvalue weighted by Gasteiger charge is -2.40. The van der Waals surface area contributed by atoms with E-state index in [-0.39, 0.29) is 17.7 Å². The van der Waals surface area contributed by atoms with Crippen LogP contribution in [-0.2, 0) is 4.79 Å². The lowest BCUT2D eigenvalue weighted by molar-refractivity contribution is -0.436. The van der Waals surface area contributed by atoms with E-state index < -0.39 is 54.8 Å². The first-order valence-corrected chi connectivity index (χ1v) is 14.4. The van der Waals surface area contributed by atoms with Crippen molar-refractivity contribution in [3.63, 3.8) is 0 Å². The Balaban J connectivity index is 5.75. The van der Waals surface area contributed by atoms with Gasteiger partial charge in [0.2, 0.25) is 0 Å². The molecule has 42 heavy (non-hydrogen) atoms. The Morgan fingerprint density at radius 2 is 0.714 bits per heavy atom. The molecule has 0 aliphatic carbocycles. The standard InChI is InChI=1S/C27H42F13NO/c1-3-5-7-9-11-13-15-17-19-41(20-18-16-14-12-10-8-6-4-2)21(42)22(28,29)23(30,31)24(32,33)25(34,35)26(36,37)27(38,39)40/h3-20H2,1-2H3. The van der Waals surface area contributed by atoms with Gasteiger partial charge >= 0.3 is 35.8 Å². The SMILES string of the molecule is CCCCCCCCCCN(CCCCCCCCCC)C(=O)C(F)(F)C(F)(F)C(F)(F)C(F)(F)C(F)(F)C(F)(F)F. The Labute approximate surface area is 238 Å². The molecule has 0 unspecified atom stereocenters. The van der Waals surface area contributed by atoms with Gasteiger partial charge in [-0.2, -0.15) is 57.1 Å². The molecule has 0 aliphatic rings. The molecule has 15 heteroatoms. The summed E-state index contributed by atoms with van der Waals surface area (Å²) in [7, 11) is 0. The van der Waals surface area contributed by atoms with Crippen LogP contribution >= 0.6 is 0 Å². The zero-order valence-electron chi connectivity index (χ0n) is 24.0. The fourth-order valence-electron chi connectivity index (χ4n) is 4.29. The van der Waals surface area contributed by atoms with E-state index in [9.17, 15) is 61.9 Å². The quantitative estimate of drug-likeness (QED) is 0.0802. The van der Waals surface area contributed by atoms with Crippen molar-refractivity contribution in [2.75, 3.05) is 13.1 Å². The molecule has 0 heterocycles. The summed E-state index contributed by atoms with van der Waals surface area (Å²) in [5.41, 5.74) is 0. The fourth-order valence-corrected chi connectivity index (χ4v) is 4.29. The van der Waals surface area contributed by atoms with Crippen molar-refractivity contribution < 1.29 is 61.9 Å². The second kappa shape index (κ2) is 17.2. The second-order valence-electron chi connectivity index (χ2n) is 10.6. The predicted octanol–water partition coefficient (Wildman–Crippen LogP) is 10.8. The van der Waals surface area contributed by atoms with E-state index in [0.29, 0.717) is 25.7 Å². The van der Waals surface area contributed by atoms with Crippen LogP contribution in [0.15, 0.2) is 0 Å². The smallest absolute Gasteiger partial charge is 0.337 e. The Morgan fingerprint density at radius 1 is 0.429 bits per heavy atom. The molecule has 0 aromatic rings. The van der Waals surface area contributed by atoms with Gasteiger partial charge in [0.1, 0.15) is 0 Å². The summed E-state index contributed by atoms with van der Waals surface area (Å²) < 4.78 is 176. The van der Waals surface area contributed by atoms with Gasteiger partial charge in [-0.05, 0) is 12.8 Å². The number of rotatable bonds is 23. The van der Waals surface area contributed by atoms with E-state index in [4.69, 9.17) is 0 Å².